The molecule has 24 heavy (non-hydrogen) atoms. The van der Waals surface area contributed by atoms with E-state index in [-0.39, 0.29) is 5.82 Å². The van der Waals surface area contributed by atoms with E-state index in [9.17, 15) is 9.59 Å². The smallest absolute Gasteiger partial charge is 0.326 e. The molecule has 0 saturated heterocycles. The molecule has 0 spiro atoms. The predicted octanol–water partition coefficient (Wildman–Crippen LogP) is 1.89. The van der Waals surface area contributed by atoms with E-state index in [0.29, 0.717) is 11.4 Å². The van der Waals surface area contributed by atoms with Crippen molar-refractivity contribution in [3.8, 4) is 11.4 Å². The first kappa shape index (κ1) is 17.2. The normalized spacial score (nSPS) is 12.3. The number of aromatic nitrogens is 3. The van der Waals surface area contributed by atoms with Crippen LogP contribution in [0.15, 0.2) is 41.8 Å². The molecule has 0 saturated carbocycles. The number of hydrogen-bond donors (Lipinski definition) is 1. The lowest BCUT2D eigenvalue weighted by Gasteiger charge is -2.10. The highest BCUT2D eigenvalue weighted by atomic mass is 16.5. The summed E-state index contributed by atoms with van der Waals surface area (Å²) in [5.41, 5.74) is 0.698. The fourth-order valence-electron chi connectivity index (χ4n) is 1.74. The number of aliphatic imine (C=N–C) groups is 1. The van der Waals surface area contributed by atoms with Crippen molar-refractivity contribution in [3.63, 3.8) is 0 Å². The Bertz CT molecular complexity index is 747. The number of rotatable bonds is 6. The van der Waals surface area contributed by atoms with Gasteiger partial charge in [-0.05, 0) is 26.0 Å². The molecule has 2 heterocycles. The summed E-state index contributed by atoms with van der Waals surface area (Å²) in [4.78, 5) is 39.2. The molecule has 8 nitrogen and oxygen atoms in total. The molecule has 1 N–H and O–H groups in total. The summed E-state index contributed by atoms with van der Waals surface area (Å²) in [5, 5.41) is 9.13. The highest BCUT2D eigenvalue weighted by Gasteiger charge is 2.26. The summed E-state index contributed by atoms with van der Waals surface area (Å²) in [6.45, 7) is 3.27. The van der Waals surface area contributed by atoms with Crippen molar-refractivity contribution in [2.45, 2.75) is 20.0 Å². The van der Waals surface area contributed by atoms with Crippen LogP contribution in [0.1, 0.15) is 13.8 Å². The van der Waals surface area contributed by atoms with Crippen molar-refractivity contribution in [1.82, 2.24) is 15.0 Å². The quantitative estimate of drug-likeness (QED) is 0.489. The Kier molecular flexibility index (Phi) is 5.67. The molecule has 8 heteroatoms. The zero-order chi connectivity index (χ0) is 17.5. The number of carboxylic acids is 1. The number of aliphatic carboxylic acids is 1. The monoisotopic (exact) mass is 328 g/mol. The first-order valence-electron chi connectivity index (χ1n) is 7.18. The number of pyridine rings is 1. The summed E-state index contributed by atoms with van der Waals surface area (Å²) >= 11 is 0. The maximum Gasteiger partial charge on any atom is 0.326 e. The van der Waals surface area contributed by atoms with Crippen LogP contribution in [0.2, 0.25) is 0 Å². The fourth-order valence-corrected chi connectivity index (χ4v) is 1.74. The van der Waals surface area contributed by atoms with Crippen LogP contribution in [-0.2, 0) is 14.3 Å². The molecule has 1 atom stereocenters. The second kappa shape index (κ2) is 7.91. The van der Waals surface area contributed by atoms with Gasteiger partial charge in [0.15, 0.2) is 17.6 Å². The average molecular weight is 328 g/mol. The second-order valence-corrected chi connectivity index (χ2v) is 5.06. The van der Waals surface area contributed by atoms with Crippen molar-refractivity contribution in [3.05, 3.63) is 36.8 Å². The molecule has 0 bridgehead atoms. The van der Waals surface area contributed by atoms with Crippen LogP contribution in [0.5, 0.6) is 0 Å². The lowest BCUT2D eigenvalue weighted by Crippen LogP contribution is -2.29. The van der Waals surface area contributed by atoms with Gasteiger partial charge in [-0.25, -0.2) is 15.0 Å². The number of carbonyl (C=O) groups is 2. The Morgan fingerprint density at radius 3 is 2.71 bits per heavy atom. The molecular formula is C16H16N4O4. The number of carboxylic acid groups (broad SMARTS) is 1. The summed E-state index contributed by atoms with van der Waals surface area (Å²) in [7, 11) is 0. The van der Waals surface area contributed by atoms with Gasteiger partial charge in [0.05, 0.1) is 6.10 Å². The van der Waals surface area contributed by atoms with Gasteiger partial charge in [-0.3, -0.25) is 14.6 Å². The van der Waals surface area contributed by atoms with Gasteiger partial charge in [0.25, 0.3) is 0 Å². The Labute approximate surface area is 138 Å². The first-order chi connectivity index (χ1) is 11.5. The number of nitrogens with zero attached hydrogens (tertiary/aromatic N) is 4. The van der Waals surface area contributed by atoms with Crippen LogP contribution < -0.4 is 0 Å². The molecule has 2 aromatic heterocycles. The summed E-state index contributed by atoms with van der Waals surface area (Å²) in [6, 6.07) is 5.04. The minimum atomic E-state index is -1.50. The third-order valence-corrected chi connectivity index (χ3v) is 2.79. The maximum atomic E-state index is 11.8. The van der Waals surface area contributed by atoms with Crippen molar-refractivity contribution >= 4 is 24.0 Å². The van der Waals surface area contributed by atoms with E-state index in [0.717, 1.165) is 6.21 Å². The van der Waals surface area contributed by atoms with Gasteiger partial charge in [0, 0.05) is 36.4 Å². The number of carbonyl (C=O) groups excluding carboxylic acids is 1. The van der Waals surface area contributed by atoms with E-state index < -0.39 is 24.0 Å². The van der Waals surface area contributed by atoms with Crippen LogP contribution in [0.4, 0.5) is 5.82 Å². The van der Waals surface area contributed by atoms with E-state index in [1.54, 1.807) is 38.4 Å². The minimum Gasteiger partial charge on any atom is -0.480 e. The van der Waals surface area contributed by atoms with Crippen molar-refractivity contribution in [1.29, 1.82) is 0 Å². The van der Waals surface area contributed by atoms with Gasteiger partial charge in [0.1, 0.15) is 0 Å². The second-order valence-electron chi connectivity index (χ2n) is 5.06. The lowest BCUT2D eigenvalue weighted by molar-refractivity contribution is -0.157. The SMILES string of the molecule is CC(C)OC(=O)C(C=Nc1ccnc(-c2cccnc2)n1)C(=O)O. The number of esters is 1. The van der Waals surface area contributed by atoms with Gasteiger partial charge in [-0.15, -0.1) is 0 Å². The largest absolute Gasteiger partial charge is 0.480 e. The fraction of sp³-hybridized carbons (Fsp3) is 0.250. The average Bonchev–Trinajstić information content (AvgIpc) is 2.55. The Morgan fingerprint density at radius 2 is 2.08 bits per heavy atom. The van der Waals surface area contributed by atoms with E-state index in [4.69, 9.17) is 9.84 Å². The predicted molar refractivity (Wildman–Crippen MR) is 85.8 cm³/mol. The summed E-state index contributed by atoms with van der Waals surface area (Å²) in [5.74, 6) is -3.08. The Hall–Kier alpha value is -3.16. The van der Waals surface area contributed by atoms with E-state index in [2.05, 4.69) is 19.9 Å². The van der Waals surface area contributed by atoms with Crippen molar-refractivity contribution < 1.29 is 19.4 Å². The van der Waals surface area contributed by atoms with Crippen LogP contribution in [0.3, 0.4) is 0 Å². The van der Waals surface area contributed by atoms with Crippen molar-refractivity contribution in [2.75, 3.05) is 0 Å². The molecule has 0 aliphatic heterocycles. The number of hydrogen-bond acceptors (Lipinski definition) is 7. The Balaban J connectivity index is 2.21. The molecule has 0 amide bonds. The van der Waals surface area contributed by atoms with E-state index in [1.807, 2.05) is 0 Å². The summed E-state index contributed by atoms with van der Waals surface area (Å²) < 4.78 is 4.90. The van der Waals surface area contributed by atoms with Gasteiger partial charge < -0.3 is 9.84 Å². The third kappa shape index (κ3) is 4.67. The number of ether oxygens (including phenoxy) is 1. The first-order valence-corrected chi connectivity index (χ1v) is 7.18. The third-order valence-electron chi connectivity index (χ3n) is 2.79. The molecule has 2 aromatic rings. The maximum absolute atomic E-state index is 11.8. The highest BCUT2D eigenvalue weighted by molar-refractivity contribution is 6.08. The van der Waals surface area contributed by atoms with Crippen LogP contribution >= 0.6 is 0 Å². The molecular weight excluding hydrogens is 312 g/mol. The molecule has 0 aliphatic carbocycles. The molecule has 2 rings (SSSR count). The summed E-state index contributed by atoms with van der Waals surface area (Å²) in [6.07, 6.45) is 5.31. The van der Waals surface area contributed by atoms with Gasteiger partial charge in [0.2, 0.25) is 0 Å². The standard InChI is InChI=1S/C16H16N4O4/c1-10(2)24-16(23)12(15(21)22)9-19-13-5-7-18-14(20-13)11-4-3-6-17-8-11/h3-10,12H,1-2H3,(H,21,22). The van der Waals surface area contributed by atoms with Gasteiger partial charge in [-0.2, -0.15) is 0 Å². The van der Waals surface area contributed by atoms with Crippen LogP contribution in [0.25, 0.3) is 11.4 Å². The molecule has 124 valence electrons. The molecule has 0 radical (unpaired) electrons. The molecule has 0 aliphatic rings. The van der Waals surface area contributed by atoms with E-state index in [1.165, 1.54) is 12.3 Å². The lowest BCUT2D eigenvalue weighted by atomic mass is 10.2. The Morgan fingerprint density at radius 1 is 1.29 bits per heavy atom. The zero-order valence-electron chi connectivity index (χ0n) is 13.2. The minimum absolute atomic E-state index is 0.229. The molecule has 1 unspecified atom stereocenters. The van der Waals surface area contributed by atoms with E-state index >= 15 is 0 Å². The van der Waals surface area contributed by atoms with Gasteiger partial charge >= 0.3 is 11.9 Å². The van der Waals surface area contributed by atoms with Crippen molar-refractivity contribution in [2.24, 2.45) is 10.9 Å². The topological polar surface area (TPSA) is 115 Å². The molecule has 0 fully saturated rings. The van der Waals surface area contributed by atoms with Gasteiger partial charge in [-0.1, -0.05) is 0 Å². The highest BCUT2D eigenvalue weighted by Crippen LogP contribution is 2.16. The molecule has 0 aromatic carbocycles. The van der Waals surface area contributed by atoms with Crippen LogP contribution in [0, 0.1) is 5.92 Å². The van der Waals surface area contributed by atoms with Crippen LogP contribution in [-0.4, -0.2) is 44.3 Å². The zero-order valence-corrected chi connectivity index (χ0v) is 13.2.